The molecule has 2 saturated heterocycles. The van der Waals surface area contributed by atoms with Gasteiger partial charge in [-0.1, -0.05) is 12.1 Å². The first-order chi connectivity index (χ1) is 11.7. The predicted molar refractivity (Wildman–Crippen MR) is 95.0 cm³/mol. The Hall–Kier alpha value is -1.44. The Labute approximate surface area is 149 Å². The van der Waals surface area contributed by atoms with Gasteiger partial charge in [0, 0.05) is 19.1 Å². The Bertz CT molecular complexity index is 792. The van der Waals surface area contributed by atoms with E-state index in [1.165, 1.54) is 4.31 Å². The van der Waals surface area contributed by atoms with E-state index in [0.717, 1.165) is 24.1 Å². The number of piperidine rings is 2. The van der Waals surface area contributed by atoms with Crippen molar-refractivity contribution in [1.29, 1.82) is 0 Å². The van der Waals surface area contributed by atoms with Gasteiger partial charge in [0.05, 0.1) is 10.3 Å². The van der Waals surface area contributed by atoms with Crippen LogP contribution in [-0.4, -0.2) is 61.4 Å². The van der Waals surface area contributed by atoms with Crippen LogP contribution >= 0.6 is 0 Å². The second-order valence-electron chi connectivity index (χ2n) is 7.44. The van der Waals surface area contributed by atoms with Crippen molar-refractivity contribution in [2.45, 2.75) is 44.0 Å². The fourth-order valence-corrected chi connectivity index (χ4v) is 6.06. The minimum Gasteiger partial charge on any atom is -0.481 e. The minimum atomic E-state index is -3.63. The molecule has 3 rings (SSSR count). The first-order valence-electron chi connectivity index (χ1n) is 8.69. The Morgan fingerprint density at radius 1 is 1.24 bits per heavy atom. The van der Waals surface area contributed by atoms with Gasteiger partial charge in [-0.25, -0.2) is 8.42 Å². The molecule has 138 valence electrons. The second-order valence-corrected chi connectivity index (χ2v) is 9.35. The number of hydrogen-bond acceptors (Lipinski definition) is 4. The molecule has 2 aliphatic heterocycles. The third kappa shape index (κ3) is 2.98. The zero-order valence-electron chi connectivity index (χ0n) is 15.0. The molecule has 1 aromatic carbocycles. The van der Waals surface area contributed by atoms with Crippen molar-refractivity contribution < 1.29 is 18.3 Å². The highest BCUT2D eigenvalue weighted by Crippen LogP contribution is 2.43. The number of likely N-dealkylation sites (tertiary alicyclic amines) is 1. The van der Waals surface area contributed by atoms with Gasteiger partial charge in [-0.15, -0.1) is 0 Å². The van der Waals surface area contributed by atoms with E-state index >= 15 is 0 Å². The standard InChI is InChI=1S/C18H26N2O4S/c1-13-5-6-14(2)15(11-13)25(23,24)20-10-8-18(17(21)22)7-4-9-19(3)16(18)12-20/h5-6,11,16H,4,7-10,12H2,1-3H3,(H,21,22)/t16-,18+/m1/s1. The first kappa shape index (κ1) is 18.4. The van der Waals surface area contributed by atoms with Crippen molar-refractivity contribution in [3.8, 4) is 0 Å². The average molecular weight is 366 g/mol. The third-order valence-electron chi connectivity index (χ3n) is 5.87. The highest BCUT2D eigenvalue weighted by atomic mass is 32.2. The molecule has 7 heteroatoms. The molecule has 1 N–H and O–H groups in total. The smallest absolute Gasteiger partial charge is 0.311 e. The van der Waals surface area contributed by atoms with E-state index in [0.29, 0.717) is 17.7 Å². The number of aliphatic carboxylic acids is 1. The van der Waals surface area contributed by atoms with Gasteiger partial charge in [-0.05, 0) is 63.9 Å². The summed E-state index contributed by atoms with van der Waals surface area (Å²) >= 11 is 0. The highest BCUT2D eigenvalue weighted by Gasteiger charge is 2.53. The normalized spacial score (nSPS) is 28.5. The molecule has 0 amide bonds. The maximum Gasteiger partial charge on any atom is 0.311 e. The molecule has 2 heterocycles. The number of carboxylic acid groups (broad SMARTS) is 1. The fraction of sp³-hybridized carbons (Fsp3) is 0.611. The fourth-order valence-electron chi connectivity index (χ4n) is 4.30. The summed E-state index contributed by atoms with van der Waals surface area (Å²) in [5.74, 6) is -0.798. The number of rotatable bonds is 3. The van der Waals surface area contributed by atoms with Gasteiger partial charge in [0.15, 0.2) is 0 Å². The first-order valence-corrected chi connectivity index (χ1v) is 10.1. The van der Waals surface area contributed by atoms with Crippen LogP contribution in [-0.2, 0) is 14.8 Å². The number of sulfonamides is 1. The van der Waals surface area contributed by atoms with Gasteiger partial charge in [-0.2, -0.15) is 4.31 Å². The van der Waals surface area contributed by atoms with Crippen LogP contribution in [0.1, 0.15) is 30.4 Å². The molecule has 0 spiro atoms. The molecule has 25 heavy (non-hydrogen) atoms. The second kappa shape index (κ2) is 6.37. The Morgan fingerprint density at radius 2 is 1.96 bits per heavy atom. The van der Waals surface area contributed by atoms with Crippen LogP contribution in [0.25, 0.3) is 0 Å². The lowest BCUT2D eigenvalue weighted by Crippen LogP contribution is -2.63. The maximum absolute atomic E-state index is 13.2. The van der Waals surface area contributed by atoms with Crippen LogP contribution in [0, 0.1) is 19.3 Å². The zero-order chi connectivity index (χ0) is 18.4. The number of benzene rings is 1. The van der Waals surface area contributed by atoms with Gasteiger partial charge < -0.3 is 10.0 Å². The monoisotopic (exact) mass is 366 g/mol. The van der Waals surface area contributed by atoms with E-state index in [1.807, 2.05) is 31.0 Å². The molecule has 2 fully saturated rings. The topological polar surface area (TPSA) is 77.9 Å². The number of aryl methyl sites for hydroxylation is 2. The van der Waals surface area contributed by atoms with E-state index in [2.05, 4.69) is 0 Å². The summed E-state index contributed by atoms with van der Waals surface area (Å²) < 4.78 is 27.8. The van der Waals surface area contributed by atoms with Crippen LogP contribution in [0.15, 0.2) is 23.1 Å². The van der Waals surface area contributed by atoms with Crippen molar-refractivity contribution >= 4 is 16.0 Å². The van der Waals surface area contributed by atoms with Crippen molar-refractivity contribution in [3.63, 3.8) is 0 Å². The molecule has 0 radical (unpaired) electrons. The van der Waals surface area contributed by atoms with E-state index in [1.54, 1.807) is 13.0 Å². The van der Waals surface area contributed by atoms with Crippen LogP contribution in [0.3, 0.4) is 0 Å². The summed E-state index contributed by atoms with van der Waals surface area (Å²) in [6.45, 7) is 4.96. The Kier molecular flexibility index (Phi) is 4.68. The van der Waals surface area contributed by atoms with E-state index < -0.39 is 21.4 Å². The highest BCUT2D eigenvalue weighted by molar-refractivity contribution is 7.89. The summed E-state index contributed by atoms with van der Waals surface area (Å²) in [5, 5.41) is 9.83. The summed E-state index contributed by atoms with van der Waals surface area (Å²) in [6.07, 6.45) is 1.82. The molecule has 0 bridgehead atoms. The predicted octanol–water partition coefficient (Wildman–Crippen LogP) is 1.86. The van der Waals surface area contributed by atoms with Gasteiger partial charge in [0.1, 0.15) is 0 Å². The Morgan fingerprint density at radius 3 is 2.64 bits per heavy atom. The lowest BCUT2D eigenvalue weighted by molar-refractivity contribution is -0.160. The quantitative estimate of drug-likeness (QED) is 0.883. The van der Waals surface area contributed by atoms with Crippen molar-refractivity contribution in [2.75, 3.05) is 26.7 Å². The molecule has 2 aliphatic rings. The summed E-state index contributed by atoms with van der Waals surface area (Å²) in [4.78, 5) is 14.3. The Balaban J connectivity index is 1.95. The van der Waals surface area contributed by atoms with E-state index in [-0.39, 0.29) is 19.1 Å². The summed E-state index contributed by atoms with van der Waals surface area (Å²) in [6, 6.07) is 5.14. The van der Waals surface area contributed by atoms with E-state index in [9.17, 15) is 18.3 Å². The van der Waals surface area contributed by atoms with Crippen molar-refractivity contribution in [3.05, 3.63) is 29.3 Å². The van der Waals surface area contributed by atoms with Crippen molar-refractivity contribution in [1.82, 2.24) is 9.21 Å². The summed E-state index contributed by atoms with van der Waals surface area (Å²) in [5.41, 5.74) is 0.786. The van der Waals surface area contributed by atoms with Gasteiger partial charge in [0.2, 0.25) is 10.0 Å². The molecule has 0 aromatic heterocycles. The SMILES string of the molecule is Cc1ccc(C)c(S(=O)(=O)N2CC[C@@]3(C(=O)O)CCCN(C)[C@@H]3C2)c1. The minimum absolute atomic E-state index is 0.235. The van der Waals surface area contributed by atoms with Crippen molar-refractivity contribution in [2.24, 2.45) is 5.41 Å². The number of hydrogen-bond donors (Lipinski definition) is 1. The molecular formula is C18H26N2O4S. The van der Waals surface area contributed by atoms with Crippen LogP contribution in [0.5, 0.6) is 0 Å². The van der Waals surface area contributed by atoms with Gasteiger partial charge in [0.25, 0.3) is 0 Å². The number of carboxylic acids is 1. The lowest BCUT2D eigenvalue weighted by atomic mass is 9.69. The average Bonchev–Trinajstić information content (AvgIpc) is 2.56. The zero-order valence-corrected chi connectivity index (χ0v) is 15.8. The van der Waals surface area contributed by atoms with Crippen LogP contribution in [0.4, 0.5) is 0 Å². The molecular weight excluding hydrogens is 340 g/mol. The number of likely N-dealkylation sites (N-methyl/N-ethyl adjacent to an activating group) is 1. The summed E-state index contributed by atoms with van der Waals surface area (Å²) in [7, 11) is -1.73. The molecule has 0 aliphatic carbocycles. The maximum atomic E-state index is 13.2. The van der Waals surface area contributed by atoms with Gasteiger partial charge in [-0.3, -0.25) is 4.79 Å². The molecule has 2 atom stereocenters. The molecule has 0 saturated carbocycles. The number of fused-ring (bicyclic) bond motifs is 1. The van der Waals surface area contributed by atoms with Crippen LogP contribution in [0.2, 0.25) is 0 Å². The molecule has 6 nitrogen and oxygen atoms in total. The third-order valence-corrected chi connectivity index (χ3v) is 7.88. The number of nitrogens with zero attached hydrogens (tertiary/aromatic N) is 2. The lowest BCUT2D eigenvalue weighted by Gasteiger charge is -2.51. The molecule has 0 unspecified atom stereocenters. The number of carbonyl (C=O) groups is 1. The van der Waals surface area contributed by atoms with E-state index in [4.69, 9.17) is 0 Å². The molecule has 1 aromatic rings. The van der Waals surface area contributed by atoms with Gasteiger partial charge >= 0.3 is 5.97 Å². The van der Waals surface area contributed by atoms with Crippen LogP contribution < -0.4 is 0 Å². The largest absolute Gasteiger partial charge is 0.481 e.